The Balaban J connectivity index is 1.25. The second kappa shape index (κ2) is 8.93. The minimum absolute atomic E-state index is 0.129. The van der Waals surface area contributed by atoms with E-state index in [1.165, 1.54) is 51.0 Å². The lowest BCUT2D eigenvalue weighted by molar-refractivity contribution is -0.160. The van der Waals surface area contributed by atoms with Gasteiger partial charge in [-0.05, 0) is 56.8 Å². The summed E-state index contributed by atoms with van der Waals surface area (Å²) in [7, 11) is 0. The fourth-order valence-corrected chi connectivity index (χ4v) is 5.24. The maximum Gasteiger partial charge on any atom is 0.219 e. The predicted octanol–water partition coefficient (Wildman–Crippen LogP) is 2.61. The molecule has 5 nitrogen and oxygen atoms in total. The number of carbonyl (C=O) groups excluding carboxylic acids is 1. The molecule has 0 N–H and O–H groups in total. The van der Waals surface area contributed by atoms with E-state index in [2.05, 4.69) is 40.1 Å². The topological polar surface area (TPSA) is 36.0 Å². The SMILES string of the molecule is CC(=O)N1CCO[C@@]2(CCCN(CC3CCN(Cc4ccccc4)CC3)C2)C1. The van der Waals surface area contributed by atoms with E-state index < -0.39 is 0 Å². The molecule has 3 heterocycles. The lowest BCUT2D eigenvalue weighted by atomic mass is 9.88. The smallest absolute Gasteiger partial charge is 0.219 e. The van der Waals surface area contributed by atoms with Gasteiger partial charge in [-0.2, -0.15) is 0 Å². The third kappa shape index (κ3) is 4.94. The summed E-state index contributed by atoms with van der Waals surface area (Å²) >= 11 is 0. The van der Waals surface area contributed by atoms with Crippen LogP contribution in [0.4, 0.5) is 0 Å². The zero-order valence-corrected chi connectivity index (χ0v) is 17.3. The maximum absolute atomic E-state index is 11.8. The summed E-state index contributed by atoms with van der Waals surface area (Å²) in [5.41, 5.74) is 1.29. The molecule has 0 aliphatic carbocycles. The zero-order chi connectivity index (χ0) is 19.4. The van der Waals surface area contributed by atoms with E-state index in [1.807, 2.05) is 4.90 Å². The molecule has 1 aromatic carbocycles. The highest BCUT2D eigenvalue weighted by atomic mass is 16.5. The van der Waals surface area contributed by atoms with Crippen molar-refractivity contribution in [3.63, 3.8) is 0 Å². The Morgan fingerprint density at radius 2 is 1.86 bits per heavy atom. The van der Waals surface area contributed by atoms with Crippen LogP contribution in [-0.4, -0.2) is 78.6 Å². The Labute approximate surface area is 169 Å². The molecule has 3 aliphatic rings. The molecule has 154 valence electrons. The van der Waals surface area contributed by atoms with Crippen LogP contribution in [0.5, 0.6) is 0 Å². The number of rotatable bonds is 4. The van der Waals surface area contributed by atoms with Gasteiger partial charge in [0.25, 0.3) is 0 Å². The van der Waals surface area contributed by atoms with Crippen LogP contribution in [0, 0.1) is 5.92 Å². The lowest BCUT2D eigenvalue weighted by Gasteiger charge is -2.48. The van der Waals surface area contributed by atoms with Gasteiger partial charge in [-0.15, -0.1) is 0 Å². The molecule has 1 atom stereocenters. The first-order valence-corrected chi connectivity index (χ1v) is 11.0. The zero-order valence-electron chi connectivity index (χ0n) is 17.3. The summed E-state index contributed by atoms with van der Waals surface area (Å²) in [4.78, 5) is 19.0. The molecule has 0 bridgehead atoms. The number of amides is 1. The highest BCUT2D eigenvalue weighted by Gasteiger charge is 2.41. The Morgan fingerprint density at radius 1 is 1.07 bits per heavy atom. The number of nitrogens with zero attached hydrogens (tertiary/aromatic N) is 3. The molecule has 0 unspecified atom stereocenters. The van der Waals surface area contributed by atoms with Gasteiger partial charge in [-0.3, -0.25) is 9.69 Å². The average Bonchev–Trinajstić information content (AvgIpc) is 2.70. The van der Waals surface area contributed by atoms with Crippen molar-refractivity contribution in [1.82, 2.24) is 14.7 Å². The molecule has 1 spiro atoms. The summed E-state index contributed by atoms with van der Waals surface area (Å²) in [6.07, 6.45) is 4.84. The van der Waals surface area contributed by atoms with Crippen LogP contribution in [0.1, 0.15) is 38.2 Å². The number of likely N-dealkylation sites (tertiary alicyclic amines) is 2. The molecule has 0 radical (unpaired) electrons. The van der Waals surface area contributed by atoms with Crippen LogP contribution in [-0.2, 0) is 16.1 Å². The van der Waals surface area contributed by atoms with E-state index in [0.29, 0.717) is 6.61 Å². The van der Waals surface area contributed by atoms with E-state index >= 15 is 0 Å². The van der Waals surface area contributed by atoms with E-state index in [1.54, 1.807) is 6.92 Å². The highest BCUT2D eigenvalue weighted by molar-refractivity contribution is 5.73. The fourth-order valence-electron chi connectivity index (χ4n) is 5.24. The summed E-state index contributed by atoms with van der Waals surface area (Å²) in [6.45, 7) is 10.7. The van der Waals surface area contributed by atoms with E-state index in [9.17, 15) is 4.79 Å². The molecule has 0 aromatic heterocycles. The van der Waals surface area contributed by atoms with E-state index in [-0.39, 0.29) is 11.5 Å². The summed E-state index contributed by atoms with van der Waals surface area (Å²) in [5, 5.41) is 0. The van der Waals surface area contributed by atoms with Gasteiger partial charge in [0.05, 0.1) is 18.8 Å². The van der Waals surface area contributed by atoms with E-state index in [4.69, 9.17) is 4.74 Å². The van der Waals surface area contributed by atoms with Gasteiger partial charge < -0.3 is 14.5 Å². The Hall–Kier alpha value is -1.43. The van der Waals surface area contributed by atoms with Crippen LogP contribution >= 0.6 is 0 Å². The van der Waals surface area contributed by atoms with Gasteiger partial charge in [0.2, 0.25) is 5.91 Å². The van der Waals surface area contributed by atoms with Crippen molar-refractivity contribution in [2.45, 2.75) is 44.8 Å². The first-order valence-electron chi connectivity index (χ1n) is 11.0. The Morgan fingerprint density at radius 3 is 2.61 bits per heavy atom. The van der Waals surface area contributed by atoms with Crippen molar-refractivity contribution in [2.24, 2.45) is 5.92 Å². The van der Waals surface area contributed by atoms with Crippen molar-refractivity contribution in [3.05, 3.63) is 35.9 Å². The number of hydrogen-bond acceptors (Lipinski definition) is 4. The first kappa shape index (κ1) is 19.9. The third-order valence-corrected chi connectivity index (χ3v) is 6.78. The van der Waals surface area contributed by atoms with Crippen molar-refractivity contribution in [2.75, 3.05) is 52.4 Å². The fraction of sp³-hybridized carbons (Fsp3) is 0.696. The summed E-state index contributed by atoms with van der Waals surface area (Å²) in [5.74, 6) is 0.972. The molecule has 28 heavy (non-hydrogen) atoms. The van der Waals surface area contributed by atoms with Crippen LogP contribution in [0.15, 0.2) is 30.3 Å². The average molecular weight is 386 g/mol. The number of morpholine rings is 1. The molecule has 3 saturated heterocycles. The second-order valence-electron chi connectivity index (χ2n) is 9.02. The summed E-state index contributed by atoms with van der Waals surface area (Å²) in [6, 6.07) is 10.8. The lowest BCUT2D eigenvalue weighted by Crippen LogP contribution is -2.61. The molecule has 3 aliphatic heterocycles. The van der Waals surface area contributed by atoms with Crippen molar-refractivity contribution >= 4 is 5.91 Å². The highest BCUT2D eigenvalue weighted by Crippen LogP contribution is 2.30. The van der Waals surface area contributed by atoms with Crippen LogP contribution in [0.3, 0.4) is 0 Å². The predicted molar refractivity (Wildman–Crippen MR) is 111 cm³/mol. The molecule has 5 heteroatoms. The number of carbonyl (C=O) groups is 1. The van der Waals surface area contributed by atoms with Crippen LogP contribution in [0.2, 0.25) is 0 Å². The van der Waals surface area contributed by atoms with Crippen LogP contribution in [0.25, 0.3) is 0 Å². The van der Waals surface area contributed by atoms with Gasteiger partial charge in [0, 0.05) is 33.1 Å². The minimum Gasteiger partial charge on any atom is -0.370 e. The molecule has 4 rings (SSSR count). The molecular weight excluding hydrogens is 350 g/mol. The van der Waals surface area contributed by atoms with E-state index in [0.717, 1.165) is 38.5 Å². The number of piperidine rings is 2. The number of hydrogen-bond donors (Lipinski definition) is 0. The molecule has 3 fully saturated rings. The quantitative estimate of drug-likeness (QED) is 0.798. The first-order chi connectivity index (χ1) is 13.6. The normalized spacial score (nSPS) is 28.0. The monoisotopic (exact) mass is 385 g/mol. The third-order valence-electron chi connectivity index (χ3n) is 6.78. The van der Waals surface area contributed by atoms with Gasteiger partial charge in [-0.25, -0.2) is 0 Å². The van der Waals surface area contributed by atoms with Crippen molar-refractivity contribution < 1.29 is 9.53 Å². The summed E-state index contributed by atoms with van der Waals surface area (Å²) < 4.78 is 6.25. The van der Waals surface area contributed by atoms with Gasteiger partial charge >= 0.3 is 0 Å². The molecule has 1 amide bonds. The van der Waals surface area contributed by atoms with Gasteiger partial charge in [0.1, 0.15) is 0 Å². The largest absolute Gasteiger partial charge is 0.370 e. The number of benzene rings is 1. The standard InChI is InChI=1S/C23H35N3O2/c1-20(27)26-14-15-28-23(19-26)10-5-11-25(18-23)17-22-8-12-24(13-9-22)16-21-6-3-2-4-7-21/h2-4,6-7,22H,5,8-19H2,1H3/t23-/m1/s1. The Kier molecular flexibility index (Phi) is 6.34. The molecule has 1 aromatic rings. The Bertz CT molecular complexity index is 641. The number of ether oxygens (including phenoxy) is 1. The van der Waals surface area contributed by atoms with Gasteiger partial charge in [-0.1, -0.05) is 30.3 Å². The van der Waals surface area contributed by atoms with Crippen LogP contribution < -0.4 is 0 Å². The maximum atomic E-state index is 11.8. The second-order valence-corrected chi connectivity index (χ2v) is 9.02. The van der Waals surface area contributed by atoms with Gasteiger partial charge in [0.15, 0.2) is 0 Å². The minimum atomic E-state index is -0.129. The van der Waals surface area contributed by atoms with Crippen molar-refractivity contribution in [3.8, 4) is 0 Å². The van der Waals surface area contributed by atoms with Crippen molar-refractivity contribution in [1.29, 1.82) is 0 Å². The molecule has 0 saturated carbocycles. The molecular formula is C23H35N3O2.